The minimum atomic E-state index is -0.384. The van der Waals surface area contributed by atoms with Gasteiger partial charge in [-0.15, -0.1) is 5.10 Å². The summed E-state index contributed by atoms with van der Waals surface area (Å²) >= 11 is 0. The fraction of sp³-hybridized carbons (Fsp3) is 0.600. The molecular weight excluding hydrogens is 432 g/mol. The van der Waals surface area contributed by atoms with E-state index in [0.29, 0.717) is 34.4 Å². The Labute approximate surface area is 200 Å². The molecule has 184 valence electrons. The second kappa shape index (κ2) is 9.74. The van der Waals surface area contributed by atoms with Crippen molar-refractivity contribution in [2.75, 3.05) is 21.3 Å². The predicted molar refractivity (Wildman–Crippen MR) is 132 cm³/mol. The van der Waals surface area contributed by atoms with Gasteiger partial charge in [-0.25, -0.2) is 4.68 Å². The van der Waals surface area contributed by atoms with E-state index < -0.39 is 0 Å². The second-order valence-corrected chi connectivity index (χ2v) is 9.82. The monoisotopic (exact) mass is 468 g/mol. The fourth-order valence-electron chi connectivity index (χ4n) is 4.94. The molecule has 0 amide bonds. The van der Waals surface area contributed by atoms with Crippen LogP contribution in [-0.4, -0.2) is 57.4 Å². The minimum absolute atomic E-state index is 0.156. The van der Waals surface area contributed by atoms with Gasteiger partial charge in [0.15, 0.2) is 17.3 Å². The van der Waals surface area contributed by atoms with Gasteiger partial charge in [-0.05, 0) is 62.7 Å². The topological polar surface area (TPSA) is 98.2 Å². The number of hydrogen-bond donors (Lipinski definition) is 1. The van der Waals surface area contributed by atoms with Crippen molar-refractivity contribution >= 4 is 10.9 Å². The normalized spacial score (nSPS) is 16.2. The molecule has 0 bridgehead atoms. The van der Waals surface area contributed by atoms with E-state index in [1.807, 2.05) is 16.8 Å². The van der Waals surface area contributed by atoms with Crippen LogP contribution in [0.3, 0.4) is 0 Å². The Bertz CT molecular complexity index is 1200. The first-order chi connectivity index (χ1) is 16.3. The molecule has 1 saturated carbocycles. The number of nitrogens with zero attached hydrogens (tertiary/aromatic N) is 5. The third kappa shape index (κ3) is 4.41. The van der Waals surface area contributed by atoms with Gasteiger partial charge in [0.2, 0.25) is 0 Å². The first-order valence-electron chi connectivity index (χ1n) is 12.1. The zero-order valence-corrected chi connectivity index (χ0v) is 21.1. The van der Waals surface area contributed by atoms with Gasteiger partial charge in [0.25, 0.3) is 5.56 Å². The lowest BCUT2D eigenvalue weighted by atomic mass is 9.91. The zero-order chi connectivity index (χ0) is 24.5. The van der Waals surface area contributed by atoms with Crippen molar-refractivity contribution in [1.29, 1.82) is 0 Å². The number of pyridine rings is 1. The number of rotatable bonds is 8. The van der Waals surface area contributed by atoms with E-state index in [0.717, 1.165) is 24.6 Å². The maximum Gasteiger partial charge on any atom is 0.253 e. The summed E-state index contributed by atoms with van der Waals surface area (Å²) in [7, 11) is 5.29. The largest absolute Gasteiger partial charge is 0.493 e. The number of nitrogens with one attached hydrogen (secondary N) is 1. The average molecular weight is 469 g/mol. The third-order valence-electron chi connectivity index (χ3n) is 7.41. The van der Waals surface area contributed by atoms with Crippen molar-refractivity contribution < 1.29 is 9.47 Å². The third-order valence-corrected chi connectivity index (χ3v) is 7.41. The van der Waals surface area contributed by atoms with E-state index >= 15 is 0 Å². The Morgan fingerprint density at radius 3 is 2.47 bits per heavy atom. The molecule has 1 aliphatic rings. The first-order valence-corrected chi connectivity index (χ1v) is 12.1. The molecule has 0 aliphatic heterocycles. The molecule has 9 heteroatoms. The molecule has 0 saturated heterocycles. The standard InChI is InChI=1S/C25H36N6O3/c1-7-25(2,3)31-23(27-28-29-31)22(30(4)17-11-9-8-10-12-17)18-13-16-14-20(33-5)21(34-6)15-19(16)26-24(18)32/h13-15,17,22H,7-12H2,1-6H3,(H,26,32)/t22-/m0/s1. The van der Waals surface area contributed by atoms with Gasteiger partial charge in [0, 0.05) is 23.1 Å². The van der Waals surface area contributed by atoms with Crippen LogP contribution in [-0.2, 0) is 5.54 Å². The highest BCUT2D eigenvalue weighted by Crippen LogP contribution is 2.36. The SMILES string of the molecule is CCC(C)(C)n1nnnc1[C@H](c1cc2cc(OC)c(OC)cc2[nH]c1=O)N(C)C1CCCCC1. The van der Waals surface area contributed by atoms with Crippen LogP contribution in [0.15, 0.2) is 23.0 Å². The highest BCUT2D eigenvalue weighted by atomic mass is 16.5. The van der Waals surface area contributed by atoms with Gasteiger partial charge in [-0.1, -0.05) is 26.2 Å². The number of fused-ring (bicyclic) bond motifs is 1. The summed E-state index contributed by atoms with van der Waals surface area (Å²) in [5.41, 5.74) is 0.871. The van der Waals surface area contributed by atoms with Crippen LogP contribution in [0, 0.1) is 0 Å². The van der Waals surface area contributed by atoms with Gasteiger partial charge in [-0.2, -0.15) is 0 Å². The van der Waals surface area contributed by atoms with E-state index in [2.05, 4.69) is 53.2 Å². The summed E-state index contributed by atoms with van der Waals surface area (Å²) in [5.74, 6) is 1.87. The Morgan fingerprint density at radius 2 is 1.82 bits per heavy atom. The molecule has 1 N–H and O–H groups in total. The highest BCUT2D eigenvalue weighted by Gasteiger charge is 2.35. The second-order valence-electron chi connectivity index (χ2n) is 9.82. The molecule has 1 atom stereocenters. The van der Waals surface area contributed by atoms with E-state index in [1.54, 1.807) is 20.3 Å². The van der Waals surface area contributed by atoms with Gasteiger partial charge < -0.3 is 14.5 Å². The van der Waals surface area contributed by atoms with Crippen molar-refractivity contribution in [3.63, 3.8) is 0 Å². The fourth-order valence-corrected chi connectivity index (χ4v) is 4.94. The molecule has 4 rings (SSSR count). The molecule has 2 aromatic heterocycles. The van der Waals surface area contributed by atoms with Crippen molar-refractivity contribution in [3.8, 4) is 11.5 Å². The molecule has 1 aliphatic carbocycles. The average Bonchev–Trinajstić information content (AvgIpc) is 3.34. The summed E-state index contributed by atoms with van der Waals surface area (Å²) in [4.78, 5) is 18.9. The molecule has 3 aromatic rings. The van der Waals surface area contributed by atoms with Crippen LogP contribution in [0.4, 0.5) is 0 Å². The van der Waals surface area contributed by atoms with Gasteiger partial charge in [-0.3, -0.25) is 9.69 Å². The molecule has 1 aromatic carbocycles. The van der Waals surface area contributed by atoms with E-state index in [-0.39, 0.29) is 17.1 Å². The number of ether oxygens (including phenoxy) is 2. The Balaban J connectivity index is 1.91. The van der Waals surface area contributed by atoms with Crippen LogP contribution < -0.4 is 15.0 Å². The molecule has 0 spiro atoms. The molecule has 0 radical (unpaired) electrons. The molecule has 9 nitrogen and oxygen atoms in total. The molecule has 1 fully saturated rings. The number of aromatic nitrogens is 5. The highest BCUT2D eigenvalue weighted by molar-refractivity contribution is 5.83. The van der Waals surface area contributed by atoms with Crippen LogP contribution in [0.1, 0.15) is 76.7 Å². The van der Waals surface area contributed by atoms with E-state index in [9.17, 15) is 4.79 Å². The van der Waals surface area contributed by atoms with Crippen molar-refractivity contribution in [3.05, 3.63) is 39.9 Å². The maximum atomic E-state index is 13.5. The lowest BCUT2D eigenvalue weighted by molar-refractivity contribution is 0.142. The maximum absolute atomic E-state index is 13.5. The Morgan fingerprint density at radius 1 is 1.15 bits per heavy atom. The summed E-state index contributed by atoms with van der Waals surface area (Å²) < 4.78 is 12.8. The number of benzene rings is 1. The molecule has 2 heterocycles. The van der Waals surface area contributed by atoms with E-state index in [4.69, 9.17) is 9.47 Å². The lowest BCUT2D eigenvalue weighted by Crippen LogP contribution is -2.42. The van der Waals surface area contributed by atoms with E-state index in [1.165, 1.54) is 19.3 Å². The van der Waals surface area contributed by atoms with Crippen LogP contribution in [0.25, 0.3) is 10.9 Å². The van der Waals surface area contributed by atoms with Crippen LogP contribution in [0.2, 0.25) is 0 Å². The lowest BCUT2D eigenvalue weighted by Gasteiger charge is -2.37. The van der Waals surface area contributed by atoms with Gasteiger partial charge in [0.1, 0.15) is 6.04 Å². The number of hydrogen-bond acceptors (Lipinski definition) is 7. The molecule has 0 unspecified atom stereocenters. The van der Waals surface area contributed by atoms with Crippen molar-refractivity contribution in [1.82, 2.24) is 30.1 Å². The minimum Gasteiger partial charge on any atom is -0.493 e. The smallest absolute Gasteiger partial charge is 0.253 e. The first kappa shape index (κ1) is 24.2. The summed E-state index contributed by atoms with van der Waals surface area (Å²) in [6.07, 6.45) is 6.70. The Kier molecular flexibility index (Phi) is 6.93. The summed E-state index contributed by atoms with van der Waals surface area (Å²) in [6.45, 7) is 6.35. The summed E-state index contributed by atoms with van der Waals surface area (Å²) in [5, 5.41) is 13.7. The van der Waals surface area contributed by atoms with Crippen molar-refractivity contribution in [2.45, 2.75) is 76.9 Å². The Hall–Kier alpha value is -2.94. The number of tetrazole rings is 1. The van der Waals surface area contributed by atoms with Crippen molar-refractivity contribution in [2.24, 2.45) is 0 Å². The summed E-state index contributed by atoms with van der Waals surface area (Å²) in [6, 6.07) is 5.60. The zero-order valence-electron chi connectivity index (χ0n) is 21.1. The van der Waals surface area contributed by atoms with Gasteiger partial charge >= 0.3 is 0 Å². The number of methoxy groups -OCH3 is 2. The van der Waals surface area contributed by atoms with Crippen LogP contribution >= 0.6 is 0 Å². The molecular formula is C25H36N6O3. The van der Waals surface area contributed by atoms with Gasteiger partial charge in [0.05, 0.1) is 25.3 Å². The molecule has 34 heavy (non-hydrogen) atoms. The number of aromatic amines is 1. The number of H-pyrrole nitrogens is 1. The quantitative estimate of drug-likeness (QED) is 0.533. The van der Waals surface area contributed by atoms with Crippen LogP contribution in [0.5, 0.6) is 11.5 Å². The predicted octanol–water partition coefficient (Wildman–Crippen LogP) is 4.03.